The van der Waals surface area contributed by atoms with E-state index in [9.17, 15) is 4.79 Å². The fourth-order valence-electron chi connectivity index (χ4n) is 3.34. The maximum absolute atomic E-state index is 12.7. The average Bonchev–Trinajstić information content (AvgIpc) is 3.54. The Kier molecular flexibility index (Phi) is 5.81. The third kappa shape index (κ3) is 4.77. The molecule has 0 aliphatic heterocycles. The van der Waals surface area contributed by atoms with Crippen LogP contribution >= 0.6 is 15.9 Å². The Bertz CT molecular complexity index is 1010. The minimum absolute atomic E-state index is 0.00818. The molecule has 1 amide bonds. The topological polar surface area (TPSA) is 60.5 Å². The largest absolute Gasteiger partial charge is 0.493 e. The van der Waals surface area contributed by atoms with Crippen molar-refractivity contribution < 1.29 is 14.3 Å². The van der Waals surface area contributed by atoms with Gasteiger partial charge in [0.25, 0.3) is 0 Å². The van der Waals surface area contributed by atoms with E-state index in [0.29, 0.717) is 23.8 Å². The molecule has 4 rings (SSSR count). The number of carbonyl (C=O) groups excluding carboxylic acids is 1. The molecule has 1 saturated carbocycles. The maximum atomic E-state index is 12.7. The summed E-state index contributed by atoms with van der Waals surface area (Å²) in [5.74, 6) is 1.48. The van der Waals surface area contributed by atoms with Crippen molar-refractivity contribution in [2.24, 2.45) is 5.92 Å². The molecule has 5 nitrogen and oxygen atoms in total. The summed E-state index contributed by atoms with van der Waals surface area (Å²) in [6.45, 7) is 0.370. The molecule has 6 heteroatoms. The van der Waals surface area contributed by atoms with E-state index in [1.54, 1.807) is 31.6 Å². The van der Waals surface area contributed by atoms with E-state index in [1.807, 2.05) is 30.3 Å². The second-order valence-electron chi connectivity index (χ2n) is 7.01. The SMILES string of the molecule is COc1ccc(NC(=O)C2CC2c2cccc(Br)c2)cc1OCc1cccnc1. The Balaban J connectivity index is 1.41. The van der Waals surface area contributed by atoms with E-state index in [2.05, 4.69) is 38.4 Å². The second-order valence-corrected chi connectivity index (χ2v) is 7.92. The molecular formula is C23H21BrN2O3. The predicted octanol–water partition coefficient (Wildman–Crippen LogP) is 5.17. The van der Waals surface area contributed by atoms with E-state index >= 15 is 0 Å². The van der Waals surface area contributed by atoms with Gasteiger partial charge in [-0.2, -0.15) is 0 Å². The lowest BCUT2D eigenvalue weighted by Crippen LogP contribution is -2.14. The molecule has 1 fully saturated rings. The number of nitrogens with zero attached hydrogens (tertiary/aromatic N) is 1. The molecule has 1 aliphatic carbocycles. The number of benzene rings is 2. The summed E-state index contributed by atoms with van der Waals surface area (Å²) in [5.41, 5.74) is 2.84. The van der Waals surface area contributed by atoms with E-state index in [1.165, 1.54) is 5.56 Å². The van der Waals surface area contributed by atoms with Crippen molar-refractivity contribution in [2.75, 3.05) is 12.4 Å². The molecule has 148 valence electrons. The molecule has 0 bridgehead atoms. The average molecular weight is 453 g/mol. The smallest absolute Gasteiger partial charge is 0.228 e. The van der Waals surface area contributed by atoms with Gasteiger partial charge in [0.1, 0.15) is 6.61 Å². The standard InChI is InChI=1S/C23H21BrN2O3/c1-28-21-8-7-18(11-22(21)29-14-15-4-3-9-25-13-15)26-23(27)20-12-19(20)16-5-2-6-17(24)10-16/h2-11,13,19-20H,12,14H2,1H3,(H,26,27). The summed E-state index contributed by atoms with van der Waals surface area (Å²) in [6, 6.07) is 17.4. The van der Waals surface area contributed by atoms with Crippen molar-refractivity contribution in [1.29, 1.82) is 0 Å². The van der Waals surface area contributed by atoms with Crippen LogP contribution in [0.4, 0.5) is 5.69 Å². The van der Waals surface area contributed by atoms with E-state index in [-0.39, 0.29) is 17.7 Å². The zero-order valence-electron chi connectivity index (χ0n) is 16.0. The first-order valence-corrected chi connectivity index (χ1v) is 10.2. The van der Waals surface area contributed by atoms with Crippen molar-refractivity contribution in [3.8, 4) is 11.5 Å². The van der Waals surface area contributed by atoms with Crippen molar-refractivity contribution in [2.45, 2.75) is 18.9 Å². The van der Waals surface area contributed by atoms with Crippen LogP contribution in [0.15, 0.2) is 71.5 Å². The zero-order chi connectivity index (χ0) is 20.2. The van der Waals surface area contributed by atoms with Gasteiger partial charge in [0.05, 0.1) is 7.11 Å². The van der Waals surface area contributed by atoms with Crippen LogP contribution < -0.4 is 14.8 Å². The summed E-state index contributed by atoms with van der Waals surface area (Å²) >= 11 is 3.49. The van der Waals surface area contributed by atoms with Gasteiger partial charge in [-0.1, -0.05) is 34.1 Å². The Labute approximate surface area is 178 Å². The number of hydrogen-bond donors (Lipinski definition) is 1. The molecule has 1 aliphatic rings. The lowest BCUT2D eigenvalue weighted by Gasteiger charge is -2.13. The molecule has 0 saturated heterocycles. The Morgan fingerprint density at radius 1 is 1.17 bits per heavy atom. The number of hydrogen-bond acceptors (Lipinski definition) is 4. The van der Waals surface area contributed by atoms with Gasteiger partial charge in [0.15, 0.2) is 11.5 Å². The molecule has 29 heavy (non-hydrogen) atoms. The van der Waals surface area contributed by atoms with Gasteiger partial charge in [-0.3, -0.25) is 9.78 Å². The Hall–Kier alpha value is -2.86. The molecule has 1 N–H and O–H groups in total. The number of aromatic nitrogens is 1. The summed E-state index contributed by atoms with van der Waals surface area (Å²) in [5, 5.41) is 3.01. The Morgan fingerprint density at radius 2 is 2.07 bits per heavy atom. The van der Waals surface area contributed by atoms with Crippen LogP contribution in [0.1, 0.15) is 23.5 Å². The summed E-state index contributed by atoms with van der Waals surface area (Å²) in [7, 11) is 1.59. The number of pyridine rings is 1. The van der Waals surface area contributed by atoms with Gasteiger partial charge in [0.2, 0.25) is 5.91 Å². The number of carbonyl (C=O) groups is 1. The predicted molar refractivity (Wildman–Crippen MR) is 115 cm³/mol. The first kappa shape index (κ1) is 19.5. The van der Waals surface area contributed by atoms with Crippen molar-refractivity contribution >= 4 is 27.5 Å². The van der Waals surface area contributed by atoms with Gasteiger partial charge >= 0.3 is 0 Å². The number of anilines is 1. The summed E-state index contributed by atoms with van der Waals surface area (Å²) in [6.07, 6.45) is 4.34. The van der Waals surface area contributed by atoms with Crippen molar-refractivity contribution in [1.82, 2.24) is 4.98 Å². The first-order chi connectivity index (χ1) is 14.1. The third-order valence-electron chi connectivity index (χ3n) is 4.95. The first-order valence-electron chi connectivity index (χ1n) is 9.40. The van der Waals surface area contributed by atoms with Crippen LogP contribution in [-0.2, 0) is 11.4 Å². The molecule has 1 heterocycles. The number of amides is 1. The second kappa shape index (κ2) is 8.66. The normalized spacial score (nSPS) is 17.4. The molecule has 2 unspecified atom stereocenters. The van der Waals surface area contributed by atoms with E-state index in [4.69, 9.17) is 9.47 Å². The number of rotatable bonds is 7. The highest BCUT2D eigenvalue weighted by Gasteiger charge is 2.44. The van der Waals surface area contributed by atoms with Crippen LogP contribution in [-0.4, -0.2) is 18.0 Å². The summed E-state index contributed by atoms with van der Waals surface area (Å²) < 4.78 is 12.3. The molecule has 2 atom stereocenters. The minimum atomic E-state index is -0.00818. The van der Waals surface area contributed by atoms with Gasteiger partial charge in [0, 0.05) is 40.1 Å². The Morgan fingerprint density at radius 3 is 2.83 bits per heavy atom. The van der Waals surface area contributed by atoms with Crippen LogP contribution in [0.2, 0.25) is 0 Å². The van der Waals surface area contributed by atoms with Gasteiger partial charge in [-0.05, 0) is 48.2 Å². The molecule has 1 aromatic heterocycles. The molecule has 0 spiro atoms. The maximum Gasteiger partial charge on any atom is 0.228 e. The number of nitrogens with one attached hydrogen (secondary N) is 1. The summed E-state index contributed by atoms with van der Waals surface area (Å²) in [4.78, 5) is 16.8. The van der Waals surface area contributed by atoms with Crippen molar-refractivity contribution in [3.05, 3.63) is 82.6 Å². The number of ether oxygens (including phenoxy) is 2. The molecular weight excluding hydrogens is 432 g/mol. The highest BCUT2D eigenvalue weighted by molar-refractivity contribution is 9.10. The highest BCUT2D eigenvalue weighted by atomic mass is 79.9. The third-order valence-corrected chi connectivity index (χ3v) is 5.45. The van der Waals surface area contributed by atoms with E-state index < -0.39 is 0 Å². The quantitative estimate of drug-likeness (QED) is 0.536. The van der Waals surface area contributed by atoms with Crippen LogP contribution in [0.25, 0.3) is 0 Å². The minimum Gasteiger partial charge on any atom is -0.493 e. The molecule has 2 aromatic carbocycles. The van der Waals surface area contributed by atoms with Gasteiger partial charge in [-0.15, -0.1) is 0 Å². The van der Waals surface area contributed by atoms with Crippen LogP contribution in [0.3, 0.4) is 0 Å². The van der Waals surface area contributed by atoms with Gasteiger partial charge in [-0.25, -0.2) is 0 Å². The van der Waals surface area contributed by atoms with Crippen LogP contribution in [0, 0.1) is 5.92 Å². The monoisotopic (exact) mass is 452 g/mol. The fourth-order valence-corrected chi connectivity index (χ4v) is 3.75. The number of methoxy groups -OCH3 is 1. The molecule has 0 radical (unpaired) electrons. The zero-order valence-corrected chi connectivity index (χ0v) is 17.6. The van der Waals surface area contributed by atoms with E-state index in [0.717, 1.165) is 16.5 Å². The fraction of sp³-hybridized carbons (Fsp3) is 0.217. The lowest BCUT2D eigenvalue weighted by atomic mass is 10.1. The lowest BCUT2D eigenvalue weighted by molar-refractivity contribution is -0.117. The highest BCUT2D eigenvalue weighted by Crippen LogP contribution is 2.48. The van der Waals surface area contributed by atoms with Crippen LogP contribution in [0.5, 0.6) is 11.5 Å². The number of halogens is 1. The van der Waals surface area contributed by atoms with Crippen molar-refractivity contribution in [3.63, 3.8) is 0 Å². The van der Waals surface area contributed by atoms with Gasteiger partial charge < -0.3 is 14.8 Å². The molecule has 3 aromatic rings.